The fraction of sp³-hybridized carbons (Fsp3) is 0.625. The summed E-state index contributed by atoms with van der Waals surface area (Å²) >= 11 is 0. The lowest BCUT2D eigenvalue weighted by Crippen LogP contribution is -2.43. The van der Waals surface area contributed by atoms with E-state index >= 15 is 0 Å². The van der Waals surface area contributed by atoms with Crippen molar-refractivity contribution in [3.63, 3.8) is 0 Å². The van der Waals surface area contributed by atoms with Gasteiger partial charge in [-0.25, -0.2) is 17.2 Å². The van der Waals surface area contributed by atoms with Gasteiger partial charge in [0.25, 0.3) is 0 Å². The van der Waals surface area contributed by atoms with Crippen molar-refractivity contribution < 1.29 is 17.2 Å². The number of alkyl halides is 1. The van der Waals surface area contributed by atoms with E-state index in [0.717, 1.165) is 5.56 Å². The smallest absolute Gasteiger partial charge is 0.219 e. The Morgan fingerprint density at radius 1 is 1.27 bits per heavy atom. The van der Waals surface area contributed by atoms with E-state index in [1.165, 1.54) is 16.4 Å². The molecule has 0 aliphatic carbocycles. The van der Waals surface area contributed by atoms with Crippen LogP contribution in [0.25, 0.3) is 0 Å². The standard InChI is InChI=1S/C16H23F2NO2S/c1-5-11-6-12(8-13(17)7-11)15-9-14(18)10-19(15)22(20,21)16(2,3)4/h6-8,14-15H,5,9-10H2,1-4H3/t14-,15+/m0/s1. The summed E-state index contributed by atoms with van der Waals surface area (Å²) in [5, 5.41) is 0. The minimum atomic E-state index is -3.67. The van der Waals surface area contributed by atoms with Gasteiger partial charge in [-0.05, 0) is 50.5 Å². The number of hydrogen-bond donors (Lipinski definition) is 0. The minimum Gasteiger partial charge on any atom is -0.246 e. The highest BCUT2D eigenvalue weighted by Gasteiger charge is 2.45. The van der Waals surface area contributed by atoms with Crippen LogP contribution in [0.15, 0.2) is 18.2 Å². The number of rotatable bonds is 3. The third-order valence-corrected chi connectivity index (χ3v) is 6.63. The molecule has 0 N–H and O–H groups in total. The Morgan fingerprint density at radius 2 is 1.91 bits per heavy atom. The molecule has 1 fully saturated rings. The Bertz CT molecular complexity index is 653. The summed E-state index contributed by atoms with van der Waals surface area (Å²) in [7, 11) is -3.67. The molecule has 0 bridgehead atoms. The first-order chi connectivity index (χ1) is 10.1. The molecule has 1 saturated heterocycles. The molecular formula is C16H23F2NO2S. The van der Waals surface area contributed by atoms with E-state index in [4.69, 9.17) is 0 Å². The van der Waals surface area contributed by atoms with Gasteiger partial charge in [0.1, 0.15) is 12.0 Å². The van der Waals surface area contributed by atoms with Gasteiger partial charge in [-0.1, -0.05) is 13.0 Å². The van der Waals surface area contributed by atoms with Gasteiger partial charge in [-0.2, -0.15) is 4.31 Å². The lowest BCUT2D eigenvalue weighted by Gasteiger charge is -2.31. The molecule has 6 heteroatoms. The number of sulfonamides is 1. The van der Waals surface area contributed by atoms with Gasteiger partial charge < -0.3 is 0 Å². The predicted octanol–water partition coefficient (Wildman–Crippen LogP) is 3.60. The normalized spacial score (nSPS) is 23.9. The van der Waals surface area contributed by atoms with Gasteiger partial charge in [0, 0.05) is 13.0 Å². The molecule has 124 valence electrons. The summed E-state index contributed by atoms with van der Waals surface area (Å²) in [5.41, 5.74) is 1.32. The molecule has 22 heavy (non-hydrogen) atoms. The van der Waals surface area contributed by atoms with Crippen LogP contribution in [-0.4, -0.2) is 30.2 Å². The van der Waals surface area contributed by atoms with Crippen molar-refractivity contribution in [1.82, 2.24) is 4.31 Å². The van der Waals surface area contributed by atoms with Crippen LogP contribution in [0, 0.1) is 5.82 Å². The summed E-state index contributed by atoms with van der Waals surface area (Å²) in [5.74, 6) is -0.412. The SMILES string of the molecule is CCc1cc(F)cc([C@H]2C[C@H](F)CN2S(=O)(=O)C(C)(C)C)c1. The van der Waals surface area contributed by atoms with Gasteiger partial charge in [0.2, 0.25) is 10.0 Å². The van der Waals surface area contributed by atoms with Crippen molar-refractivity contribution in [3.05, 3.63) is 35.1 Å². The first-order valence-electron chi connectivity index (χ1n) is 7.51. The molecule has 1 aliphatic rings. The second kappa shape index (κ2) is 5.89. The van der Waals surface area contributed by atoms with Crippen LogP contribution in [-0.2, 0) is 16.4 Å². The van der Waals surface area contributed by atoms with Gasteiger partial charge in [0.05, 0.1) is 10.8 Å². The van der Waals surface area contributed by atoms with E-state index in [1.54, 1.807) is 26.8 Å². The number of aryl methyl sites for hydroxylation is 1. The quantitative estimate of drug-likeness (QED) is 0.848. The third-order valence-electron chi connectivity index (χ3n) is 4.06. The summed E-state index contributed by atoms with van der Waals surface area (Å²) in [6.45, 7) is 6.51. The molecule has 0 aromatic heterocycles. The molecule has 1 aliphatic heterocycles. The monoisotopic (exact) mass is 331 g/mol. The van der Waals surface area contributed by atoms with Crippen LogP contribution >= 0.6 is 0 Å². The molecular weight excluding hydrogens is 308 g/mol. The number of halogens is 2. The van der Waals surface area contributed by atoms with Crippen molar-refractivity contribution in [2.24, 2.45) is 0 Å². The van der Waals surface area contributed by atoms with Gasteiger partial charge in [-0.15, -0.1) is 0 Å². The maximum atomic E-state index is 13.9. The number of hydrogen-bond acceptors (Lipinski definition) is 2. The molecule has 1 aromatic rings. The fourth-order valence-electron chi connectivity index (χ4n) is 2.75. The highest BCUT2D eigenvalue weighted by atomic mass is 32.2. The van der Waals surface area contributed by atoms with Crippen LogP contribution in [0.1, 0.15) is 51.3 Å². The number of benzene rings is 1. The van der Waals surface area contributed by atoms with E-state index < -0.39 is 32.8 Å². The number of nitrogens with zero attached hydrogens (tertiary/aromatic N) is 1. The van der Waals surface area contributed by atoms with Crippen molar-refractivity contribution >= 4 is 10.0 Å². The second-order valence-electron chi connectivity index (χ2n) is 6.78. The molecule has 0 radical (unpaired) electrons. The highest BCUT2D eigenvalue weighted by molar-refractivity contribution is 7.90. The van der Waals surface area contributed by atoms with Crippen molar-refractivity contribution in [2.45, 2.75) is 57.5 Å². The summed E-state index contributed by atoms with van der Waals surface area (Å²) in [4.78, 5) is 0. The molecule has 0 amide bonds. The van der Waals surface area contributed by atoms with Crippen molar-refractivity contribution in [3.8, 4) is 0 Å². The Kier molecular flexibility index (Phi) is 4.64. The Balaban J connectivity index is 2.47. The molecule has 0 saturated carbocycles. The van der Waals surface area contributed by atoms with Crippen LogP contribution in [0.5, 0.6) is 0 Å². The molecule has 3 nitrogen and oxygen atoms in total. The average Bonchev–Trinajstić information content (AvgIpc) is 2.79. The lowest BCUT2D eigenvalue weighted by molar-refractivity contribution is 0.339. The Labute approximate surface area is 131 Å². The van der Waals surface area contributed by atoms with Crippen LogP contribution in [0.2, 0.25) is 0 Å². The summed E-state index contributed by atoms with van der Waals surface area (Å²) in [6, 6.07) is 3.87. The topological polar surface area (TPSA) is 37.4 Å². The third kappa shape index (κ3) is 3.18. The zero-order valence-corrected chi connectivity index (χ0v) is 14.3. The van der Waals surface area contributed by atoms with Crippen molar-refractivity contribution in [1.29, 1.82) is 0 Å². The highest BCUT2D eigenvalue weighted by Crippen LogP contribution is 2.39. The molecule has 0 unspecified atom stereocenters. The minimum absolute atomic E-state index is 0.0713. The zero-order chi connectivity index (χ0) is 16.7. The first kappa shape index (κ1) is 17.3. The van der Waals surface area contributed by atoms with E-state index in [2.05, 4.69) is 0 Å². The Morgan fingerprint density at radius 3 is 2.45 bits per heavy atom. The molecule has 2 atom stereocenters. The van der Waals surface area contributed by atoms with Gasteiger partial charge >= 0.3 is 0 Å². The fourth-order valence-corrected chi connectivity index (χ4v) is 4.35. The first-order valence-corrected chi connectivity index (χ1v) is 8.95. The van der Waals surface area contributed by atoms with Crippen LogP contribution in [0.4, 0.5) is 8.78 Å². The second-order valence-corrected chi connectivity index (χ2v) is 9.43. The van der Waals surface area contributed by atoms with E-state index in [0.29, 0.717) is 12.0 Å². The summed E-state index contributed by atoms with van der Waals surface area (Å²) < 4.78 is 53.2. The van der Waals surface area contributed by atoms with Crippen molar-refractivity contribution in [2.75, 3.05) is 6.54 Å². The molecule has 1 aromatic carbocycles. The van der Waals surface area contributed by atoms with Crippen LogP contribution < -0.4 is 0 Å². The van der Waals surface area contributed by atoms with E-state index in [9.17, 15) is 17.2 Å². The van der Waals surface area contributed by atoms with E-state index in [1.807, 2.05) is 6.92 Å². The average molecular weight is 331 g/mol. The van der Waals surface area contributed by atoms with E-state index in [-0.39, 0.29) is 13.0 Å². The van der Waals surface area contributed by atoms with Crippen LogP contribution in [0.3, 0.4) is 0 Å². The zero-order valence-electron chi connectivity index (χ0n) is 13.4. The molecule has 2 rings (SSSR count). The molecule has 1 heterocycles. The molecule has 0 spiro atoms. The largest absolute Gasteiger partial charge is 0.246 e. The van der Waals surface area contributed by atoms with Gasteiger partial charge in [0.15, 0.2) is 0 Å². The Hall–Kier alpha value is -1.01. The lowest BCUT2D eigenvalue weighted by atomic mass is 10.0. The maximum absolute atomic E-state index is 13.9. The summed E-state index contributed by atoms with van der Waals surface area (Å²) in [6.07, 6.45) is -0.514. The predicted molar refractivity (Wildman–Crippen MR) is 83.4 cm³/mol. The van der Waals surface area contributed by atoms with Gasteiger partial charge in [-0.3, -0.25) is 0 Å². The maximum Gasteiger partial charge on any atom is 0.219 e.